The lowest BCUT2D eigenvalue weighted by Crippen LogP contribution is -2.45. The molecule has 2 amide bonds. The number of likely N-dealkylation sites (tertiary alicyclic amines) is 1. The zero-order valence-corrected chi connectivity index (χ0v) is 12.3. The molecule has 7 heteroatoms. The Morgan fingerprint density at radius 1 is 1.30 bits per heavy atom. The maximum atomic E-state index is 12.0. The summed E-state index contributed by atoms with van der Waals surface area (Å²) < 4.78 is 10.1. The Balaban J connectivity index is 2.80. The van der Waals surface area contributed by atoms with Crippen LogP contribution in [0.25, 0.3) is 0 Å². The molecule has 0 aromatic rings. The van der Waals surface area contributed by atoms with Crippen LogP contribution < -0.4 is 5.73 Å². The van der Waals surface area contributed by atoms with Crippen molar-refractivity contribution in [2.45, 2.75) is 45.8 Å². The molecule has 0 bridgehead atoms. The van der Waals surface area contributed by atoms with Crippen LogP contribution in [0.3, 0.4) is 0 Å². The number of amides is 2. The molecule has 114 valence electrons. The Morgan fingerprint density at radius 2 is 1.90 bits per heavy atom. The number of ether oxygens (including phenoxy) is 2. The normalized spacial score (nSPS) is 22.5. The molecule has 7 nitrogen and oxygen atoms in total. The van der Waals surface area contributed by atoms with Crippen molar-refractivity contribution in [1.82, 2.24) is 4.90 Å². The monoisotopic (exact) mass is 286 g/mol. The van der Waals surface area contributed by atoms with Gasteiger partial charge >= 0.3 is 12.1 Å². The average Bonchev–Trinajstić information content (AvgIpc) is 2.71. The summed E-state index contributed by atoms with van der Waals surface area (Å²) in [5, 5.41) is 0. The number of carbonyl (C=O) groups is 3. The maximum Gasteiger partial charge on any atom is 0.410 e. The predicted octanol–water partition coefficient (Wildman–Crippen LogP) is 0.660. The zero-order chi connectivity index (χ0) is 15.5. The third kappa shape index (κ3) is 4.11. The number of primary amides is 1. The number of nitrogens with zero attached hydrogens (tertiary/aromatic N) is 1. The van der Waals surface area contributed by atoms with E-state index in [2.05, 4.69) is 0 Å². The van der Waals surface area contributed by atoms with Crippen LogP contribution in [0.1, 0.15) is 34.1 Å². The summed E-state index contributed by atoms with van der Waals surface area (Å²) in [7, 11) is 0. The van der Waals surface area contributed by atoms with E-state index >= 15 is 0 Å². The lowest BCUT2D eigenvalue weighted by Gasteiger charge is -2.27. The van der Waals surface area contributed by atoms with Crippen LogP contribution in [0.2, 0.25) is 0 Å². The van der Waals surface area contributed by atoms with Gasteiger partial charge in [0.05, 0.1) is 12.5 Å². The first kappa shape index (κ1) is 16.3. The van der Waals surface area contributed by atoms with E-state index in [9.17, 15) is 14.4 Å². The van der Waals surface area contributed by atoms with Gasteiger partial charge in [-0.2, -0.15) is 0 Å². The van der Waals surface area contributed by atoms with Gasteiger partial charge in [-0.1, -0.05) is 0 Å². The minimum Gasteiger partial charge on any atom is -0.466 e. The van der Waals surface area contributed by atoms with Crippen LogP contribution in [-0.2, 0) is 19.1 Å². The van der Waals surface area contributed by atoms with Gasteiger partial charge in [-0.15, -0.1) is 0 Å². The third-order valence-electron chi connectivity index (χ3n) is 2.88. The van der Waals surface area contributed by atoms with Gasteiger partial charge in [-0.05, 0) is 34.1 Å². The molecule has 1 rings (SSSR count). The first-order valence-corrected chi connectivity index (χ1v) is 6.61. The smallest absolute Gasteiger partial charge is 0.410 e. The molecule has 0 unspecified atom stereocenters. The molecule has 2 N–H and O–H groups in total. The second-order valence-electron chi connectivity index (χ2n) is 5.74. The van der Waals surface area contributed by atoms with Gasteiger partial charge in [0.1, 0.15) is 11.6 Å². The quantitative estimate of drug-likeness (QED) is 0.768. The van der Waals surface area contributed by atoms with Crippen molar-refractivity contribution >= 4 is 18.0 Å². The first-order chi connectivity index (χ1) is 9.15. The van der Waals surface area contributed by atoms with E-state index in [4.69, 9.17) is 15.2 Å². The van der Waals surface area contributed by atoms with Crippen LogP contribution in [0.15, 0.2) is 0 Å². The van der Waals surface area contributed by atoms with E-state index in [1.807, 2.05) is 0 Å². The highest BCUT2D eigenvalue weighted by Gasteiger charge is 2.43. The second-order valence-corrected chi connectivity index (χ2v) is 5.74. The summed E-state index contributed by atoms with van der Waals surface area (Å²) in [4.78, 5) is 36.4. The lowest BCUT2D eigenvalue weighted by atomic mass is 10.1. The molecule has 0 aromatic heterocycles. The second kappa shape index (κ2) is 6.11. The predicted molar refractivity (Wildman–Crippen MR) is 70.7 cm³/mol. The Morgan fingerprint density at radius 3 is 2.35 bits per heavy atom. The van der Waals surface area contributed by atoms with Gasteiger partial charge in [0.2, 0.25) is 5.91 Å². The van der Waals surface area contributed by atoms with Crippen LogP contribution in [0, 0.1) is 5.92 Å². The highest BCUT2D eigenvalue weighted by molar-refractivity contribution is 5.87. The highest BCUT2D eigenvalue weighted by Crippen LogP contribution is 2.26. The summed E-state index contributed by atoms with van der Waals surface area (Å²) in [6.45, 7) is 7.21. The number of rotatable bonds is 3. The molecule has 1 aliphatic heterocycles. The standard InChI is InChI=1S/C13H22N2O5/c1-5-19-11(17)8-6-9(10(14)16)15(7-8)12(18)20-13(2,3)4/h8-9H,5-7H2,1-4H3,(H2,14,16)/t8-,9-/m0/s1. The third-order valence-corrected chi connectivity index (χ3v) is 2.88. The molecule has 20 heavy (non-hydrogen) atoms. The average molecular weight is 286 g/mol. The molecular weight excluding hydrogens is 264 g/mol. The van der Waals surface area contributed by atoms with Crippen LogP contribution in [-0.4, -0.2) is 47.7 Å². The van der Waals surface area contributed by atoms with Gasteiger partial charge in [-0.3, -0.25) is 14.5 Å². The maximum absolute atomic E-state index is 12.0. The molecule has 2 atom stereocenters. The summed E-state index contributed by atoms with van der Waals surface area (Å²) >= 11 is 0. The minimum atomic E-state index is -0.834. The number of hydrogen-bond acceptors (Lipinski definition) is 5. The van der Waals surface area contributed by atoms with Crippen molar-refractivity contribution in [1.29, 1.82) is 0 Å². The van der Waals surface area contributed by atoms with Crippen molar-refractivity contribution in [2.75, 3.05) is 13.2 Å². The lowest BCUT2D eigenvalue weighted by molar-refractivity contribution is -0.147. The summed E-state index contributed by atoms with van der Waals surface area (Å²) in [6.07, 6.45) is -0.471. The van der Waals surface area contributed by atoms with Gasteiger partial charge in [0.15, 0.2) is 0 Å². The van der Waals surface area contributed by atoms with E-state index < -0.39 is 35.5 Å². The van der Waals surface area contributed by atoms with E-state index in [0.717, 1.165) is 0 Å². The molecule has 0 saturated carbocycles. The molecule has 0 aromatic carbocycles. The Bertz CT molecular complexity index is 402. The zero-order valence-electron chi connectivity index (χ0n) is 12.3. The number of carbonyl (C=O) groups excluding carboxylic acids is 3. The fourth-order valence-electron chi connectivity index (χ4n) is 2.06. The molecule has 1 fully saturated rings. The summed E-state index contributed by atoms with van der Waals surface area (Å²) in [5.41, 5.74) is 4.61. The minimum absolute atomic E-state index is 0.0847. The van der Waals surface area contributed by atoms with Crippen molar-refractivity contribution in [2.24, 2.45) is 11.7 Å². The van der Waals surface area contributed by atoms with Crippen molar-refractivity contribution in [3.05, 3.63) is 0 Å². The fraction of sp³-hybridized carbons (Fsp3) is 0.769. The van der Waals surface area contributed by atoms with E-state index in [1.54, 1.807) is 27.7 Å². The van der Waals surface area contributed by atoms with Gasteiger partial charge in [-0.25, -0.2) is 4.79 Å². The van der Waals surface area contributed by atoms with E-state index in [0.29, 0.717) is 0 Å². The van der Waals surface area contributed by atoms with Crippen molar-refractivity contribution in [3.63, 3.8) is 0 Å². The Hall–Kier alpha value is -1.79. The summed E-state index contributed by atoms with van der Waals surface area (Å²) in [6, 6.07) is -0.834. The summed E-state index contributed by atoms with van der Waals surface area (Å²) in [5.74, 6) is -1.62. The molecule has 1 aliphatic rings. The fourth-order valence-corrected chi connectivity index (χ4v) is 2.06. The van der Waals surface area contributed by atoms with Gasteiger partial charge in [0, 0.05) is 6.54 Å². The van der Waals surface area contributed by atoms with Crippen LogP contribution in [0.4, 0.5) is 4.79 Å². The number of nitrogens with two attached hydrogens (primary N) is 1. The Kier molecular flexibility index (Phi) is 4.97. The molecule has 0 aliphatic carbocycles. The van der Waals surface area contributed by atoms with Gasteiger partial charge in [0.25, 0.3) is 0 Å². The van der Waals surface area contributed by atoms with E-state index in [1.165, 1.54) is 4.90 Å². The van der Waals surface area contributed by atoms with Crippen molar-refractivity contribution in [3.8, 4) is 0 Å². The highest BCUT2D eigenvalue weighted by atomic mass is 16.6. The van der Waals surface area contributed by atoms with E-state index in [-0.39, 0.29) is 19.6 Å². The molecule has 1 saturated heterocycles. The largest absolute Gasteiger partial charge is 0.466 e. The SMILES string of the molecule is CCOC(=O)[C@H]1C[C@@H](C(N)=O)N(C(=O)OC(C)(C)C)C1. The van der Waals surface area contributed by atoms with Crippen molar-refractivity contribution < 1.29 is 23.9 Å². The Labute approximate surface area is 118 Å². The van der Waals surface area contributed by atoms with Crippen LogP contribution in [0.5, 0.6) is 0 Å². The molecule has 0 spiro atoms. The van der Waals surface area contributed by atoms with Gasteiger partial charge < -0.3 is 15.2 Å². The number of hydrogen-bond donors (Lipinski definition) is 1. The molecular formula is C13H22N2O5. The molecule has 1 heterocycles. The number of esters is 1. The first-order valence-electron chi connectivity index (χ1n) is 6.61. The topological polar surface area (TPSA) is 98.9 Å². The molecule has 0 radical (unpaired) electrons. The van der Waals surface area contributed by atoms with Crippen LogP contribution >= 0.6 is 0 Å².